The van der Waals surface area contributed by atoms with Gasteiger partial charge in [0.2, 0.25) is 0 Å². The van der Waals surface area contributed by atoms with Crippen LogP contribution in [0.4, 0.5) is 4.39 Å². The first-order valence-electron chi connectivity index (χ1n) is 10.2. The monoisotopic (exact) mass is 408 g/mol. The summed E-state index contributed by atoms with van der Waals surface area (Å²) in [7, 11) is 0. The number of rotatable bonds is 5. The molecule has 0 spiro atoms. The zero-order valence-electron chi connectivity index (χ0n) is 17.2. The maximum atomic E-state index is 13.5. The first kappa shape index (κ1) is 20.2. The maximum Gasteiger partial charge on any atom is 0.265 e. The van der Waals surface area contributed by atoms with Gasteiger partial charge in [0.25, 0.3) is 11.5 Å². The molecule has 156 valence electrons. The summed E-state index contributed by atoms with van der Waals surface area (Å²) in [6.07, 6.45) is 1.29. The first-order valence-corrected chi connectivity index (χ1v) is 10.2. The van der Waals surface area contributed by atoms with Crippen LogP contribution in [0.3, 0.4) is 0 Å². The summed E-state index contributed by atoms with van der Waals surface area (Å²) in [5.41, 5.74) is 3.37. The largest absolute Gasteiger partial charge is 0.352 e. The molecule has 1 saturated heterocycles. The number of fused-ring (bicyclic) bond motifs is 1. The van der Waals surface area contributed by atoms with E-state index in [0.717, 1.165) is 17.7 Å². The van der Waals surface area contributed by atoms with Gasteiger partial charge in [0, 0.05) is 31.7 Å². The fraction of sp³-hybridized carbons (Fsp3) is 0.348. The molecule has 0 radical (unpaired) electrons. The lowest BCUT2D eigenvalue weighted by atomic mass is 10.1. The number of aryl methyl sites for hydroxylation is 1. The smallest absolute Gasteiger partial charge is 0.265 e. The Kier molecular flexibility index (Phi) is 5.63. The van der Waals surface area contributed by atoms with Gasteiger partial charge in [-0.1, -0.05) is 12.1 Å². The Bertz CT molecular complexity index is 1160. The van der Waals surface area contributed by atoms with Gasteiger partial charge in [-0.25, -0.2) is 9.37 Å². The van der Waals surface area contributed by atoms with Gasteiger partial charge in [-0.05, 0) is 55.7 Å². The summed E-state index contributed by atoms with van der Waals surface area (Å²) in [4.78, 5) is 32.0. The van der Waals surface area contributed by atoms with Gasteiger partial charge in [0.05, 0.1) is 16.6 Å². The lowest BCUT2D eigenvalue weighted by molar-refractivity contribution is 0.0956. The summed E-state index contributed by atoms with van der Waals surface area (Å²) in [5, 5.41) is 3.28. The molecule has 1 aromatic heterocycles. The molecule has 1 aliphatic heterocycles. The van der Waals surface area contributed by atoms with Crippen LogP contribution in [-0.2, 0) is 6.54 Å². The maximum absolute atomic E-state index is 13.5. The van der Waals surface area contributed by atoms with Crippen molar-refractivity contribution in [3.05, 3.63) is 69.8 Å². The molecule has 1 N–H and O–H groups in total. The molecule has 0 unspecified atom stereocenters. The average Bonchev–Trinajstić information content (AvgIpc) is 3.14. The van der Waals surface area contributed by atoms with Crippen molar-refractivity contribution in [2.24, 2.45) is 0 Å². The van der Waals surface area contributed by atoms with Crippen LogP contribution >= 0.6 is 0 Å². The standard InChI is InChI=1S/C23H25FN4O2/c1-3-25-22(29)17-6-4-15(2)21(11-17)28-14-26-20-7-5-16(10-19(20)23(28)30)12-27-9-8-18(24)13-27/h4-7,10-11,14,18H,3,8-9,12-13H2,1-2H3,(H,25,29)/t18-/m1/s1. The van der Waals surface area contributed by atoms with Crippen molar-refractivity contribution < 1.29 is 9.18 Å². The molecular formula is C23H25FN4O2. The van der Waals surface area contributed by atoms with E-state index in [1.54, 1.807) is 12.1 Å². The van der Waals surface area contributed by atoms with Crippen LogP contribution in [0.25, 0.3) is 16.6 Å². The van der Waals surface area contributed by atoms with Gasteiger partial charge in [-0.15, -0.1) is 0 Å². The minimum atomic E-state index is -0.774. The second-order valence-electron chi connectivity index (χ2n) is 7.75. The Hall–Kier alpha value is -3.06. The van der Waals surface area contributed by atoms with Crippen LogP contribution in [0.15, 0.2) is 47.5 Å². The molecule has 30 heavy (non-hydrogen) atoms. The van der Waals surface area contributed by atoms with Crippen LogP contribution in [0.5, 0.6) is 0 Å². The third kappa shape index (κ3) is 3.98. The number of carbonyl (C=O) groups excluding carboxylic acids is 1. The van der Waals surface area contributed by atoms with Crippen LogP contribution in [0, 0.1) is 6.92 Å². The van der Waals surface area contributed by atoms with Crippen molar-refractivity contribution in [3.8, 4) is 5.69 Å². The first-order chi connectivity index (χ1) is 14.5. The molecule has 0 bridgehead atoms. The Morgan fingerprint density at radius 3 is 2.83 bits per heavy atom. The summed E-state index contributed by atoms with van der Waals surface area (Å²) in [6.45, 7) is 6.05. The molecule has 1 fully saturated rings. The molecule has 3 aromatic rings. The number of likely N-dealkylation sites (tertiary alicyclic amines) is 1. The van der Waals surface area contributed by atoms with E-state index in [2.05, 4.69) is 15.2 Å². The van der Waals surface area contributed by atoms with E-state index in [1.807, 2.05) is 38.1 Å². The number of hydrogen-bond donors (Lipinski definition) is 1. The highest BCUT2D eigenvalue weighted by Gasteiger charge is 2.21. The van der Waals surface area contributed by atoms with Crippen molar-refractivity contribution in [1.82, 2.24) is 19.8 Å². The van der Waals surface area contributed by atoms with E-state index < -0.39 is 6.17 Å². The fourth-order valence-corrected chi connectivity index (χ4v) is 3.90. The van der Waals surface area contributed by atoms with Crippen molar-refractivity contribution in [2.75, 3.05) is 19.6 Å². The van der Waals surface area contributed by atoms with Gasteiger partial charge < -0.3 is 5.32 Å². The van der Waals surface area contributed by atoms with Crippen LogP contribution in [0.1, 0.15) is 34.8 Å². The van der Waals surface area contributed by atoms with E-state index in [0.29, 0.717) is 48.2 Å². The summed E-state index contributed by atoms with van der Waals surface area (Å²) >= 11 is 0. The van der Waals surface area contributed by atoms with Crippen LogP contribution < -0.4 is 10.9 Å². The number of nitrogens with zero attached hydrogens (tertiary/aromatic N) is 3. The van der Waals surface area contributed by atoms with Crippen LogP contribution in [-0.4, -0.2) is 46.2 Å². The molecule has 1 amide bonds. The zero-order valence-corrected chi connectivity index (χ0v) is 17.2. The molecule has 6 nitrogen and oxygen atoms in total. The number of amides is 1. The molecular weight excluding hydrogens is 383 g/mol. The number of halogens is 1. The normalized spacial score (nSPS) is 16.8. The Labute approximate surface area is 174 Å². The molecule has 4 rings (SSSR count). The summed E-state index contributed by atoms with van der Waals surface area (Å²) < 4.78 is 15.0. The van der Waals surface area contributed by atoms with E-state index in [4.69, 9.17) is 0 Å². The zero-order chi connectivity index (χ0) is 21.3. The predicted octanol–water partition coefficient (Wildman–Crippen LogP) is 2.99. The van der Waals surface area contributed by atoms with E-state index >= 15 is 0 Å². The number of alkyl halides is 1. The number of hydrogen-bond acceptors (Lipinski definition) is 4. The fourth-order valence-electron chi connectivity index (χ4n) is 3.90. The molecule has 7 heteroatoms. The number of nitrogens with one attached hydrogen (secondary N) is 1. The Morgan fingerprint density at radius 2 is 2.10 bits per heavy atom. The quantitative estimate of drug-likeness (QED) is 0.705. The van der Waals surface area contributed by atoms with Gasteiger partial charge in [0.1, 0.15) is 12.5 Å². The van der Waals surface area contributed by atoms with Crippen molar-refractivity contribution in [2.45, 2.75) is 33.0 Å². The minimum absolute atomic E-state index is 0.181. The highest BCUT2D eigenvalue weighted by atomic mass is 19.1. The second kappa shape index (κ2) is 8.36. The lowest BCUT2D eigenvalue weighted by Crippen LogP contribution is -2.24. The number of carbonyl (C=O) groups is 1. The second-order valence-corrected chi connectivity index (χ2v) is 7.75. The molecule has 2 heterocycles. The van der Waals surface area contributed by atoms with Gasteiger partial charge in [0.15, 0.2) is 0 Å². The van der Waals surface area contributed by atoms with E-state index in [9.17, 15) is 14.0 Å². The van der Waals surface area contributed by atoms with Crippen LogP contribution in [0.2, 0.25) is 0 Å². The molecule has 0 aliphatic carbocycles. The third-order valence-corrected chi connectivity index (χ3v) is 5.51. The van der Waals surface area contributed by atoms with Gasteiger partial charge in [-0.3, -0.25) is 19.1 Å². The molecule has 1 aliphatic rings. The number of benzene rings is 2. The topological polar surface area (TPSA) is 67.2 Å². The highest BCUT2D eigenvalue weighted by molar-refractivity contribution is 5.94. The third-order valence-electron chi connectivity index (χ3n) is 5.51. The molecule has 0 saturated carbocycles. The average molecular weight is 408 g/mol. The minimum Gasteiger partial charge on any atom is -0.352 e. The van der Waals surface area contributed by atoms with E-state index in [1.165, 1.54) is 10.9 Å². The predicted molar refractivity (Wildman–Crippen MR) is 115 cm³/mol. The molecule has 2 aromatic carbocycles. The van der Waals surface area contributed by atoms with Crippen molar-refractivity contribution >= 4 is 16.8 Å². The summed E-state index contributed by atoms with van der Waals surface area (Å²) in [6, 6.07) is 10.9. The van der Waals surface area contributed by atoms with Gasteiger partial charge >= 0.3 is 0 Å². The Balaban J connectivity index is 1.73. The number of aromatic nitrogens is 2. The van der Waals surface area contributed by atoms with Crippen molar-refractivity contribution in [1.29, 1.82) is 0 Å². The highest BCUT2D eigenvalue weighted by Crippen LogP contribution is 2.19. The lowest BCUT2D eigenvalue weighted by Gasteiger charge is -2.15. The molecule has 1 atom stereocenters. The van der Waals surface area contributed by atoms with E-state index in [-0.39, 0.29) is 11.5 Å². The Morgan fingerprint density at radius 1 is 1.27 bits per heavy atom. The SMILES string of the molecule is CCNC(=O)c1ccc(C)c(-n2cnc3ccc(CN4CC[C@@H](F)C4)cc3c2=O)c1. The van der Waals surface area contributed by atoms with Gasteiger partial charge in [-0.2, -0.15) is 0 Å². The van der Waals surface area contributed by atoms with Crippen molar-refractivity contribution in [3.63, 3.8) is 0 Å². The summed E-state index contributed by atoms with van der Waals surface area (Å²) in [5.74, 6) is -0.181.